The Kier molecular flexibility index (Phi) is 6.23. The van der Waals surface area contributed by atoms with Gasteiger partial charge in [-0.25, -0.2) is 4.79 Å². The van der Waals surface area contributed by atoms with Gasteiger partial charge in [0, 0.05) is 11.6 Å². The van der Waals surface area contributed by atoms with Gasteiger partial charge in [0.1, 0.15) is 11.5 Å². The molecule has 0 aliphatic heterocycles. The highest BCUT2D eigenvalue weighted by Crippen LogP contribution is 2.32. The van der Waals surface area contributed by atoms with Crippen molar-refractivity contribution in [3.8, 4) is 11.5 Å². The SMILES string of the molecule is C=C(c1ccc(OC)c(/C=C/C(=O)OC)c1)c1cc(C)c(C)c(OC)c1. The quantitative estimate of drug-likeness (QED) is 0.564. The first-order chi connectivity index (χ1) is 12.4. The molecule has 4 heteroatoms. The van der Waals surface area contributed by atoms with Crippen LogP contribution in [-0.2, 0) is 9.53 Å². The molecule has 2 aromatic carbocycles. The van der Waals surface area contributed by atoms with E-state index in [1.807, 2.05) is 38.1 Å². The fraction of sp³-hybridized carbons (Fsp3) is 0.227. The van der Waals surface area contributed by atoms with Crippen LogP contribution < -0.4 is 9.47 Å². The summed E-state index contributed by atoms with van der Waals surface area (Å²) in [7, 11) is 4.60. The van der Waals surface area contributed by atoms with E-state index in [4.69, 9.17) is 9.47 Å². The summed E-state index contributed by atoms with van der Waals surface area (Å²) in [6, 6.07) is 9.81. The van der Waals surface area contributed by atoms with Crippen LogP contribution in [0.1, 0.15) is 27.8 Å². The zero-order chi connectivity index (χ0) is 19.3. The van der Waals surface area contributed by atoms with Crippen LogP contribution in [0, 0.1) is 13.8 Å². The van der Waals surface area contributed by atoms with Crippen molar-refractivity contribution < 1.29 is 19.0 Å². The number of rotatable bonds is 6. The molecule has 0 bridgehead atoms. The molecule has 0 saturated heterocycles. The first-order valence-corrected chi connectivity index (χ1v) is 8.20. The summed E-state index contributed by atoms with van der Waals surface area (Å²) in [5, 5.41) is 0. The Bertz CT molecular complexity index is 863. The fourth-order valence-electron chi connectivity index (χ4n) is 2.66. The lowest BCUT2D eigenvalue weighted by Gasteiger charge is -2.14. The van der Waals surface area contributed by atoms with Gasteiger partial charge in [-0.05, 0) is 65.9 Å². The largest absolute Gasteiger partial charge is 0.496 e. The van der Waals surface area contributed by atoms with E-state index < -0.39 is 5.97 Å². The second-order valence-corrected chi connectivity index (χ2v) is 5.91. The molecule has 0 heterocycles. The Hall–Kier alpha value is -3.01. The van der Waals surface area contributed by atoms with Crippen LogP contribution in [0.2, 0.25) is 0 Å². The number of ether oxygens (including phenoxy) is 3. The molecule has 2 aromatic rings. The molecule has 0 unspecified atom stereocenters. The smallest absolute Gasteiger partial charge is 0.330 e. The minimum Gasteiger partial charge on any atom is -0.496 e. The highest BCUT2D eigenvalue weighted by Gasteiger charge is 2.11. The second-order valence-electron chi connectivity index (χ2n) is 5.91. The molecular weight excluding hydrogens is 328 g/mol. The van der Waals surface area contributed by atoms with E-state index in [0.29, 0.717) is 5.75 Å². The molecule has 136 valence electrons. The third-order valence-corrected chi connectivity index (χ3v) is 4.37. The van der Waals surface area contributed by atoms with Crippen LogP contribution in [0.15, 0.2) is 43.0 Å². The van der Waals surface area contributed by atoms with Crippen LogP contribution >= 0.6 is 0 Å². The molecule has 0 aliphatic carbocycles. The second kappa shape index (κ2) is 8.39. The lowest BCUT2D eigenvalue weighted by atomic mass is 9.94. The number of hydrogen-bond acceptors (Lipinski definition) is 4. The number of hydrogen-bond donors (Lipinski definition) is 0. The van der Waals surface area contributed by atoms with Crippen molar-refractivity contribution in [3.63, 3.8) is 0 Å². The average molecular weight is 352 g/mol. The van der Waals surface area contributed by atoms with Crippen molar-refractivity contribution in [3.05, 3.63) is 70.8 Å². The van der Waals surface area contributed by atoms with Gasteiger partial charge in [-0.3, -0.25) is 0 Å². The predicted molar refractivity (Wildman–Crippen MR) is 105 cm³/mol. The Morgan fingerprint density at radius 1 is 0.962 bits per heavy atom. The number of carbonyl (C=O) groups is 1. The molecule has 4 nitrogen and oxygen atoms in total. The summed E-state index contributed by atoms with van der Waals surface area (Å²) in [5.41, 5.74) is 5.80. The molecule has 0 amide bonds. The fourth-order valence-corrected chi connectivity index (χ4v) is 2.66. The minimum atomic E-state index is -0.421. The Morgan fingerprint density at radius 3 is 2.27 bits per heavy atom. The monoisotopic (exact) mass is 352 g/mol. The highest BCUT2D eigenvalue weighted by atomic mass is 16.5. The van der Waals surface area contributed by atoms with Gasteiger partial charge in [0.2, 0.25) is 0 Å². The Labute approximate surface area is 154 Å². The van der Waals surface area contributed by atoms with Gasteiger partial charge in [0.05, 0.1) is 21.3 Å². The molecule has 0 N–H and O–H groups in total. The van der Waals surface area contributed by atoms with Crippen molar-refractivity contribution in [1.82, 2.24) is 0 Å². The van der Waals surface area contributed by atoms with Crippen molar-refractivity contribution in [2.24, 2.45) is 0 Å². The minimum absolute atomic E-state index is 0.421. The third-order valence-electron chi connectivity index (χ3n) is 4.37. The van der Waals surface area contributed by atoms with Crippen molar-refractivity contribution in [2.45, 2.75) is 13.8 Å². The zero-order valence-electron chi connectivity index (χ0n) is 15.9. The molecule has 26 heavy (non-hydrogen) atoms. The molecule has 0 fully saturated rings. The Morgan fingerprint density at radius 2 is 1.65 bits per heavy atom. The van der Waals surface area contributed by atoms with Crippen LogP contribution in [0.3, 0.4) is 0 Å². The summed E-state index contributed by atoms with van der Waals surface area (Å²) in [6.07, 6.45) is 3.03. The summed E-state index contributed by atoms with van der Waals surface area (Å²) >= 11 is 0. The number of methoxy groups -OCH3 is 3. The lowest BCUT2D eigenvalue weighted by molar-refractivity contribution is -0.134. The normalized spacial score (nSPS) is 10.7. The lowest BCUT2D eigenvalue weighted by Crippen LogP contribution is -1.96. The summed E-state index contributed by atoms with van der Waals surface area (Å²) in [5.74, 6) is 1.08. The van der Waals surface area contributed by atoms with Crippen molar-refractivity contribution in [1.29, 1.82) is 0 Å². The van der Waals surface area contributed by atoms with Gasteiger partial charge in [0.25, 0.3) is 0 Å². The van der Waals surface area contributed by atoms with Crippen LogP contribution in [0.4, 0.5) is 0 Å². The highest BCUT2D eigenvalue weighted by molar-refractivity contribution is 5.88. The van der Waals surface area contributed by atoms with Crippen molar-refractivity contribution in [2.75, 3.05) is 21.3 Å². The standard InChI is InChI=1S/C22H24O4/c1-14-11-19(13-21(25-5)15(14)2)16(3)17-7-9-20(24-4)18(12-17)8-10-22(23)26-6/h7-13H,3H2,1-2,4-6H3/b10-8+. The molecule has 0 saturated carbocycles. The summed E-state index contributed by atoms with van der Waals surface area (Å²) < 4.78 is 15.5. The van der Waals surface area contributed by atoms with E-state index in [1.165, 1.54) is 13.2 Å². The summed E-state index contributed by atoms with van der Waals surface area (Å²) in [4.78, 5) is 11.4. The van der Waals surface area contributed by atoms with Gasteiger partial charge < -0.3 is 14.2 Å². The zero-order valence-corrected chi connectivity index (χ0v) is 15.9. The van der Waals surface area contributed by atoms with Gasteiger partial charge in [-0.2, -0.15) is 0 Å². The van der Waals surface area contributed by atoms with E-state index in [0.717, 1.165) is 39.1 Å². The maximum absolute atomic E-state index is 11.4. The van der Waals surface area contributed by atoms with E-state index in [1.54, 1.807) is 20.3 Å². The molecule has 0 aromatic heterocycles. The Balaban J connectivity index is 2.45. The third kappa shape index (κ3) is 4.14. The van der Waals surface area contributed by atoms with Crippen LogP contribution in [-0.4, -0.2) is 27.3 Å². The maximum Gasteiger partial charge on any atom is 0.330 e. The first kappa shape index (κ1) is 19.3. The molecule has 0 spiro atoms. The first-order valence-electron chi connectivity index (χ1n) is 8.20. The van der Waals surface area contributed by atoms with E-state index in [9.17, 15) is 4.79 Å². The molecule has 0 aliphatic rings. The average Bonchev–Trinajstić information content (AvgIpc) is 2.67. The molecule has 2 rings (SSSR count). The number of carbonyl (C=O) groups excluding carboxylic acids is 1. The maximum atomic E-state index is 11.4. The van der Waals surface area contributed by atoms with Gasteiger partial charge in [-0.1, -0.05) is 18.7 Å². The number of benzene rings is 2. The predicted octanol–water partition coefficient (Wildman–Crippen LogP) is 4.57. The topological polar surface area (TPSA) is 44.8 Å². The van der Waals surface area contributed by atoms with E-state index in [-0.39, 0.29) is 0 Å². The summed E-state index contributed by atoms with van der Waals surface area (Å²) in [6.45, 7) is 8.32. The van der Waals surface area contributed by atoms with Gasteiger partial charge >= 0.3 is 5.97 Å². The number of esters is 1. The van der Waals surface area contributed by atoms with Crippen molar-refractivity contribution >= 4 is 17.6 Å². The van der Waals surface area contributed by atoms with Crippen LogP contribution in [0.25, 0.3) is 11.6 Å². The van der Waals surface area contributed by atoms with E-state index >= 15 is 0 Å². The van der Waals surface area contributed by atoms with E-state index in [2.05, 4.69) is 17.4 Å². The van der Waals surface area contributed by atoms with Gasteiger partial charge in [0.15, 0.2) is 0 Å². The van der Waals surface area contributed by atoms with Crippen LogP contribution in [0.5, 0.6) is 11.5 Å². The molecule has 0 radical (unpaired) electrons. The van der Waals surface area contributed by atoms with Gasteiger partial charge in [-0.15, -0.1) is 0 Å². The molecular formula is C22H24O4. The molecule has 0 atom stereocenters. The number of aryl methyl sites for hydroxylation is 1.